The molecule has 4 nitrogen and oxygen atoms in total. The quantitative estimate of drug-likeness (QED) is 0.897. The van der Waals surface area contributed by atoms with Crippen molar-refractivity contribution in [2.24, 2.45) is 0 Å². The van der Waals surface area contributed by atoms with Gasteiger partial charge >= 0.3 is 0 Å². The number of amides is 1. The largest absolute Gasteiger partial charge is 0.376 e. The predicted octanol–water partition coefficient (Wildman–Crippen LogP) is 2.75. The highest BCUT2D eigenvalue weighted by Gasteiger charge is 2.07. The molecule has 0 aliphatic carbocycles. The lowest BCUT2D eigenvalue weighted by molar-refractivity contribution is -0.114. The highest BCUT2D eigenvalue weighted by Crippen LogP contribution is 2.15. The molecule has 2 N–H and O–H groups in total. The number of nitrogens with zero attached hydrogens (tertiary/aromatic N) is 1. The monoisotopic (exact) mass is 269 g/mol. The van der Waals surface area contributed by atoms with Gasteiger partial charge in [-0.25, -0.2) is 4.39 Å². The van der Waals surface area contributed by atoms with Crippen LogP contribution in [0.2, 0.25) is 0 Å². The zero-order chi connectivity index (χ0) is 14.4. The van der Waals surface area contributed by atoms with Gasteiger partial charge in [-0.3, -0.25) is 4.79 Å². The van der Waals surface area contributed by atoms with Crippen molar-refractivity contribution in [3.05, 3.63) is 59.9 Å². The van der Waals surface area contributed by atoms with Gasteiger partial charge in [-0.2, -0.15) is 5.26 Å². The number of halogens is 1. The van der Waals surface area contributed by atoms with Gasteiger partial charge < -0.3 is 10.6 Å². The molecule has 2 aromatic carbocycles. The fourth-order valence-corrected chi connectivity index (χ4v) is 1.62. The number of para-hydroxylation sites is 1. The highest BCUT2D eigenvalue weighted by atomic mass is 19.1. The van der Waals surface area contributed by atoms with Gasteiger partial charge in [0.25, 0.3) is 0 Å². The van der Waals surface area contributed by atoms with E-state index < -0.39 is 5.82 Å². The Kier molecular flexibility index (Phi) is 4.30. The molecule has 0 aromatic heterocycles. The van der Waals surface area contributed by atoms with Crippen molar-refractivity contribution in [1.82, 2.24) is 0 Å². The van der Waals surface area contributed by atoms with E-state index in [1.165, 1.54) is 12.1 Å². The van der Waals surface area contributed by atoms with Crippen LogP contribution in [0.1, 0.15) is 5.56 Å². The second-order valence-electron chi connectivity index (χ2n) is 4.07. The van der Waals surface area contributed by atoms with E-state index in [0.29, 0.717) is 0 Å². The molecule has 0 bridgehead atoms. The number of rotatable bonds is 4. The number of benzene rings is 2. The Morgan fingerprint density at radius 3 is 2.60 bits per heavy atom. The molecule has 0 heterocycles. The molecular weight excluding hydrogens is 257 g/mol. The van der Waals surface area contributed by atoms with Gasteiger partial charge in [-0.1, -0.05) is 18.2 Å². The van der Waals surface area contributed by atoms with Crippen molar-refractivity contribution in [2.75, 3.05) is 17.2 Å². The van der Waals surface area contributed by atoms with Gasteiger partial charge in [0.05, 0.1) is 23.9 Å². The Balaban J connectivity index is 1.93. The van der Waals surface area contributed by atoms with E-state index in [-0.39, 0.29) is 23.7 Å². The maximum Gasteiger partial charge on any atom is 0.243 e. The Morgan fingerprint density at radius 2 is 1.95 bits per heavy atom. The minimum absolute atomic E-state index is 0.0312. The number of anilines is 2. The van der Waals surface area contributed by atoms with Gasteiger partial charge in [-0.05, 0) is 30.3 Å². The van der Waals surface area contributed by atoms with Crippen molar-refractivity contribution >= 4 is 17.3 Å². The summed E-state index contributed by atoms with van der Waals surface area (Å²) >= 11 is 0. The molecule has 0 unspecified atom stereocenters. The summed E-state index contributed by atoms with van der Waals surface area (Å²) in [5.41, 5.74) is 1.08. The summed E-state index contributed by atoms with van der Waals surface area (Å²) in [7, 11) is 0. The van der Waals surface area contributed by atoms with Crippen LogP contribution in [0.5, 0.6) is 0 Å². The topological polar surface area (TPSA) is 64.9 Å². The fourth-order valence-electron chi connectivity index (χ4n) is 1.62. The molecule has 1 amide bonds. The van der Waals surface area contributed by atoms with E-state index in [0.717, 1.165) is 11.8 Å². The van der Waals surface area contributed by atoms with Gasteiger partial charge in [-0.15, -0.1) is 0 Å². The van der Waals surface area contributed by atoms with Crippen LogP contribution in [0.15, 0.2) is 48.5 Å². The summed E-state index contributed by atoms with van der Waals surface area (Å²) in [6, 6.07) is 15.0. The summed E-state index contributed by atoms with van der Waals surface area (Å²) in [6.07, 6.45) is 0. The van der Waals surface area contributed by atoms with Crippen LogP contribution in [0.4, 0.5) is 15.8 Å². The summed E-state index contributed by atoms with van der Waals surface area (Å²) in [4.78, 5) is 11.7. The lowest BCUT2D eigenvalue weighted by Crippen LogP contribution is -2.22. The first-order chi connectivity index (χ1) is 9.69. The minimum atomic E-state index is -0.628. The number of carbonyl (C=O) groups excluding carboxylic acids is 1. The molecule has 0 radical (unpaired) electrons. The van der Waals surface area contributed by atoms with E-state index in [9.17, 15) is 9.18 Å². The summed E-state index contributed by atoms with van der Waals surface area (Å²) in [6.45, 7) is 0.0312. The molecule has 0 fully saturated rings. The SMILES string of the molecule is N#Cc1ccc(NC(=O)CNc2ccccc2)c(F)c1. The van der Waals surface area contributed by atoms with Crippen molar-refractivity contribution in [1.29, 1.82) is 5.26 Å². The summed E-state index contributed by atoms with van der Waals surface area (Å²) in [5, 5.41) is 14.0. The molecule has 100 valence electrons. The van der Waals surface area contributed by atoms with Gasteiger partial charge in [0.15, 0.2) is 0 Å². The zero-order valence-electron chi connectivity index (χ0n) is 10.6. The molecule has 20 heavy (non-hydrogen) atoms. The molecule has 0 aliphatic rings. The second kappa shape index (κ2) is 6.34. The third-order valence-corrected chi connectivity index (χ3v) is 2.60. The van der Waals surface area contributed by atoms with Crippen LogP contribution in [0, 0.1) is 17.1 Å². The lowest BCUT2D eigenvalue weighted by Gasteiger charge is -2.08. The Morgan fingerprint density at radius 1 is 1.20 bits per heavy atom. The first-order valence-corrected chi connectivity index (χ1v) is 5.97. The Hall–Kier alpha value is -2.87. The fraction of sp³-hybridized carbons (Fsp3) is 0.0667. The van der Waals surface area contributed by atoms with Gasteiger partial charge in [0.1, 0.15) is 5.82 Å². The van der Waals surface area contributed by atoms with Crippen LogP contribution < -0.4 is 10.6 Å². The molecule has 2 rings (SSSR count). The van der Waals surface area contributed by atoms with E-state index in [2.05, 4.69) is 10.6 Å². The molecule has 0 atom stereocenters. The smallest absolute Gasteiger partial charge is 0.243 e. The number of nitriles is 1. The number of nitrogens with one attached hydrogen (secondary N) is 2. The Labute approximate surface area is 115 Å². The third-order valence-electron chi connectivity index (χ3n) is 2.60. The molecule has 5 heteroatoms. The number of hydrogen-bond acceptors (Lipinski definition) is 3. The zero-order valence-corrected chi connectivity index (χ0v) is 10.6. The highest BCUT2D eigenvalue weighted by molar-refractivity contribution is 5.93. The standard InChI is InChI=1S/C15H12FN3O/c16-13-8-11(9-17)6-7-14(13)19-15(20)10-18-12-4-2-1-3-5-12/h1-8,18H,10H2,(H,19,20). The predicted molar refractivity (Wildman–Crippen MR) is 74.7 cm³/mol. The number of carbonyl (C=O) groups is 1. The minimum Gasteiger partial charge on any atom is -0.376 e. The molecule has 2 aromatic rings. The van der Waals surface area contributed by atoms with E-state index in [1.54, 1.807) is 0 Å². The summed E-state index contributed by atoms with van der Waals surface area (Å²) < 4.78 is 13.6. The second-order valence-corrected chi connectivity index (χ2v) is 4.07. The Bertz CT molecular complexity index is 650. The molecule has 0 spiro atoms. The van der Waals surface area contributed by atoms with Gasteiger partial charge in [0, 0.05) is 5.69 Å². The summed E-state index contributed by atoms with van der Waals surface area (Å²) in [5.74, 6) is -0.991. The molecular formula is C15H12FN3O. The van der Waals surface area contributed by atoms with Crippen LogP contribution >= 0.6 is 0 Å². The van der Waals surface area contributed by atoms with Crippen molar-refractivity contribution in [3.63, 3.8) is 0 Å². The maximum absolute atomic E-state index is 13.6. The van der Waals surface area contributed by atoms with Crippen LogP contribution in [-0.2, 0) is 4.79 Å². The van der Waals surface area contributed by atoms with E-state index in [1.807, 2.05) is 36.4 Å². The van der Waals surface area contributed by atoms with Crippen molar-refractivity contribution < 1.29 is 9.18 Å². The average Bonchev–Trinajstić information content (AvgIpc) is 2.48. The van der Waals surface area contributed by atoms with E-state index >= 15 is 0 Å². The number of hydrogen-bond donors (Lipinski definition) is 2. The molecule has 0 saturated heterocycles. The van der Waals surface area contributed by atoms with Gasteiger partial charge in [0.2, 0.25) is 5.91 Å². The van der Waals surface area contributed by atoms with Crippen LogP contribution in [-0.4, -0.2) is 12.5 Å². The first-order valence-electron chi connectivity index (χ1n) is 5.97. The van der Waals surface area contributed by atoms with Crippen molar-refractivity contribution in [3.8, 4) is 6.07 Å². The normalized spacial score (nSPS) is 9.60. The van der Waals surface area contributed by atoms with E-state index in [4.69, 9.17) is 5.26 Å². The third kappa shape index (κ3) is 3.56. The maximum atomic E-state index is 13.6. The lowest BCUT2D eigenvalue weighted by atomic mass is 10.2. The first kappa shape index (κ1) is 13.6. The molecule has 0 aliphatic heterocycles. The average molecular weight is 269 g/mol. The van der Waals surface area contributed by atoms with Crippen LogP contribution in [0.3, 0.4) is 0 Å². The van der Waals surface area contributed by atoms with Crippen molar-refractivity contribution in [2.45, 2.75) is 0 Å². The van der Waals surface area contributed by atoms with Crippen LogP contribution in [0.25, 0.3) is 0 Å². The molecule has 0 saturated carbocycles.